The summed E-state index contributed by atoms with van der Waals surface area (Å²) in [6.45, 7) is 9.30. The zero-order valence-electron chi connectivity index (χ0n) is 20.7. The van der Waals surface area contributed by atoms with Crippen molar-refractivity contribution in [3.63, 3.8) is 0 Å². The molecule has 0 spiro atoms. The number of hydrogen-bond donors (Lipinski definition) is 0. The third-order valence-corrected chi connectivity index (χ3v) is 7.76. The minimum atomic E-state index is 0.350. The van der Waals surface area contributed by atoms with Crippen LogP contribution in [0.2, 0.25) is 0 Å². The Balaban J connectivity index is 1.31. The van der Waals surface area contributed by atoms with Gasteiger partial charge in [0.25, 0.3) is 0 Å². The van der Waals surface area contributed by atoms with Crippen molar-refractivity contribution in [1.29, 1.82) is 0 Å². The van der Waals surface area contributed by atoms with Crippen molar-refractivity contribution in [3.05, 3.63) is 35.5 Å². The lowest BCUT2D eigenvalue weighted by molar-refractivity contribution is 0.122. The molecule has 0 N–H and O–H groups in total. The number of hydrogen-bond acceptors (Lipinski definition) is 8. The molecule has 1 unspecified atom stereocenters. The maximum atomic E-state index is 5.62. The highest BCUT2D eigenvalue weighted by Gasteiger charge is 2.29. The number of ether oxygens (including phenoxy) is 3. The summed E-state index contributed by atoms with van der Waals surface area (Å²) in [6, 6.07) is 7.56. The summed E-state index contributed by atoms with van der Waals surface area (Å²) in [5.74, 6) is 2.12. The van der Waals surface area contributed by atoms with Gasteiger partial charge in [0, 0.05) is 37.2 Å². The molecule has 9 heteroatoms. The smallest absolute Gasteiger partial charge is 0.320 e. The van der Waals surface area contributed by atoms with Gasteiger partial charge in [-0.15, -0.1) is 0 Å². The Labute approximate surface area is 206 Å². The van der Waals surface area contributed by atoms with Crippen LogP contribution in [0, 0.1) is 6.92 Å². The fourth-order valence-electron chi connectivity index (χ4n) is 5.77. The number of methoxy groups -OCH3 is 1. The summed E-state index contributed by atoms with van der Waals surface area (Å²) in [7, 11) is 1.61. The summed E-state index contributed by atoms with van der Waals surface area (Å²) in [5.41, 5.74) is 3.84. The summed E-state index contributed by atoms with van der Waals surface area (Å²) < 4.78 is 18.5. The van der Waals surface area contributed by atoms with E-state index in [2.05, 4.69) is 38.8 Å². The van der Waals surface area contributed by atoms with Crippen LogP contribution in [0.25, 0.3) is 16.7 Å². The Morgan fingerprint density at radius 3 is 2.46 bits per heavy atom. The van der Waals surface area contributed by atoms with E-state index in [9.17, 15) is 0 Å². The standard InChI is InChI=1S/C26H34N6O3/c1-18-13-20-16-27-32(25-15-24(28-26(29-25)33-2)31-8-11-34-12-9-31)23(20)14-22(18)19-3-6-30(7-4-19)21-5-10-35-17-21/h13-16,19,21H,3-12,17H2,1-2H3. The second-order valence-corrected chi connectivity index (χ2v) is 9.82. The van der Waals surface area contributed by atoms with Gasteiger partial charge in [-0.1, -0.05) is 0 Å². The maximum Gasteiger partial charge on any atom is 0.320 e. The Morgan fingerprint density at radius 2 is 1.71 bits per heavy atom. The molecule has 3 aliphatic heterocycles. The molecule has 3 aliphatic rings. The number of likely N-dealkylation sites (tertiary alicyclic amines) is 1. The number of aromatic nitrogens is 4. The highest BCUT2D eigenvalue weighted by Crippen LogP contribution is 2.35. The number of anilines is 1. The number of aryl methyl sites for hydroxylation is 1. The number of benzene rings is 1. The third-order valence-electron chi connectivity index (χ3n) is 7.76. The van der Waals surface area contributed by atoms with Gasteiger partial charge in [-0.3, -0.25) is 4.90 Å². The fourth-order valence-corrected chi connectivity index (χ4v) is 5.77. The SMILES string of the molecule is COc1nc(N2CCOCC2)cc(-n2ncc3cc(C)c(C4CCN(C5CCOC5)CC4)cc32)n1. The second kappa shape index (κ2) is 9.72. The molecule has 5 heterocycles. The van der Waals surface area contributed by atoms with Gasteiger partial charge in [0.1, 0.15) is 5.82 Å². The van der Waals surface area contributed by atoms with Gasteiger partial charge in [0.15, 0.2) is 5.82 Å². The largest absolute Gasteiger partial charge is 0.467 e. The lowest BCUT2D eigenvalue weighted by atomic mass is 9.86. The minimum absolute atomic E-state index is 0.350. The molecule has 2 aromatic heterocycles. The van der Waals surface area contributed by atoms with Crippen LogP contribution in [0.1, 0.15) is 36.3 Å². The van der Waals surface area contributed by atoms with E-state index in [0.717, 1.165) is 61.9 Å². The maximum absolute atomic E-state index is 5.62. The van der Waals surface area contributed by atoms with E-state index < -0.39 is 0 Å². The molecule has 186 valence electrons. The molecule has 0 aliphatic carbocycles. The quantitative estimate of drug-likeness (QED) is 0.554. The summed E-state index contributed by atoms with van der Waals surface area (Å²) in [6.07, 6.45) is 5.46. The van der Waals surface area contributed by atoms with E-state index in [1.54, 1.807) is 7.11 Å². The molecular weight excluding hydrogens is 444 g/mol. The van der Waals surface area contributed by atoms with Crippen molar-refractivity contribution in [2.45, 2.75) is 38.1 Å². The van der Waals surface area contributed by atoms with Gasteiger partial charge in [-0.05, 0) is 68.5 Å². The molecule has 9 nitrogen and oxygen atoms in total. The minimum Gasteiger partial charge on any atom is -0.467 e. The predicted octanol–water partition coefficient (Wildman–Crippen LogP) is 2.94. The van der Waals surface area contributed by atoms with E-state index in [1.165, 1.54) is 30.4 Å². The number of piperidine rings is 1. The Morgan fingerprint density at radius 1 is 0.914 bits per heavy atom. The first-order chi connectivity index (χ1) is 17.2. The van der Waals surface area contributed by atoms with E-state index in [4.69, 9.17) is 19.3 Å². The second-order valence-electron chi connectivity index (χ2n) is 9.82. The fraction of sp³-hybridized carbons (Fsp3) is 0.577. The first-order valence-electron chi connectivity index (χ1n) is 12.8. The molecule has 1 aromatic carbocycles. The van der Waals surface area contributed by atoms with Gasteiger partial charge < -0.3 is 19.1 Å². The van der Waals surface area contributed by atoms with E-state index >= 15 is 0 Å². The first-order valence-corrected chi connectivity index (χ1v) is 12.8. The summed E-state index contributed by atoms with van der Waals surface area (Å²) in [4.78, 5) is 14.1. The molecule has 6 rings (SSSR count). The van der Waals surface area contributed by atoms with Crippen molar-refractivity contribution in [2.75, 3.05) is 64.6 Å². The molecule has 0 saturated carbocycles. The van der Waals surface area contributed by atoms with Crippen LogP contribution >= 0.6 is 0 Å². The van der Waals surface area contributed by atoms with Gasteiger partial charge in [-0.25, -0.2) is 4.68 Å². The topological polar surface area (TPSA) is 77.8 Å². The average Bonchev–Trinajstić information content (AvgIpc) is 3.59. The highest BCUT2D eigenvalue weighted by atomic mass is 16.5. The van der Waals surface area contributed by atoms with Crippen LogP contribution in [0.3, 0.4) is 0 Å². The molecule has 35 heavy (non-hydrogen) atoms. The highest BCUT2D eigenvalue weighted by molar-refractivity contribution is 5.82. The Bertz CT molecular complexity index is 1180. The van der Waals surface area contributed by atoms with Gasteiger partial charge in [-0.2, -0.15) is 15.1 Å². The number of nitrogens with zero attached hydrogens (tertiary/aromatic N) is 6. The van der Waals surface area contributed by atoms with Crippen molar-refractivity contribution >= 4 is 16.7 Å². The molecule has 3 aromatic rings. The molecule has 1 atom stereocenters. The molecule has 0 radical (unpaired) electrons. The van der Waals surface area contributed by atoms with Crippen molar-refractivity contribution in [3.8, 4) is 11.8 Å². The molecular formula is C26H34N6O3. The molecule has 3 fully saturated rings. The number of rotatable bonds is 5. The summed E-state index contributed by atoms with van der Waals surface area (Å²) in [5, 5.41) is 5.85. The molecule has 0 bridgehead atoms. The first kappa shape index (κ1) is 22.7. The van der Waals surface area contributed by atoms with Gasteiger partial charge >= 0.3 is 6.01 Å². The zero-order valence-corrected chi connectivity index (χ0v) is 20.7. The van der Waals surface area contributed by atoms with Crippen LogP contribution < -0.4 is 9.64 Å². The van der Waals surface area contributed by atoms with Crippen LogP contribution in [-0.4, -0.2) is 90.4 Å². The van der Waals surface area contributed by atoms with Crippen LogP contribution in [0.4, 0.5) is 5.82 Å². The van der Waals surface area contributed by atoms with Crippen LogP contribution in [0.5, 0.6) is 6.01 Å². The predicted molar refractivity (Wildman–Crippen MR) is 134 cm³/mol. The lowest BCUT2D eigenvalue weighted by Gasteiger charge is -2.36. The Kier molecular flexibility index (Phi) is 6.30. The number of fused-ring (bicyclic) bond motifs is 1. The van der Waals surface area contributed by atoms with E-state index in [1.807, 2.05) is 16.9 Å². The zero-order chi connectivity index (χ0) is 23.8. The third kappa shape index (κ3) is 4.48. The average molecular weight is 479 g/mol. The van der Waals surface area contributed by atoms with Crippen molar-refractivity contribution in [2.24, 2.45) is 0 Å². The van der Waals surface area contributed by atoms with E-state index in [-0.39, 0.29) is 0 Å². The lowest BCUT2D eigenvalue weighted by Crippen LogP contribution is -2.41. The monoisotopic (exact) mass is 478 g/mol. The summed E-state index contributed by atoms with van der Waals surface area (Å²) >= 11 is 0. The van der Waals surface area contributed by atoms with Gasteiger partial charge in [0.2, 0.25) is 0 Å². The normalized spacial score (nSPS) is 22.2. The van der Waals surface area contributed by atoms with Crippen LogP contribution in [-0.2, 0) is 9.47 Å². The molecule has 0 amide bonds. The van der Waals surface area contributed by atoms with Gasteiger partial charge in [0.05, 0.1) is 38.6 Å². The van der Waals surface area contributed by atoms with Crippen LogP contribution in [0.15, 0.2) is 24.4 Å². The Hall–Kier alpha value is -2.75. The van der Waals surface area contributed by atoms with E-state index in [0.29, 0.717) is 31.2 Å². The van der Waals surface area contributed by atoms with Crippen molar-refractivity contribution < 1.29 is 14.2 Å². The number of morpholine rings is 1. The molecule has 3 saturated heterocycles. The van der Waals surface area contributed by atoms with Crippen molar-refractivity contribution in [1.82, 2.24) is 24.6 Å².